The van der Waals surface area contributed by atoms with Gasteiger partial charge in [0.15, 0.2) is 0 Å². The highest BCUT2D eigenvalue weighted by molar-refractivity contribution is 6.29. The zero-order valence-electron chi connectivity index (χ0n) is 12.5. The molecule has 1 saturated heterocycles. The summed E-state index contributed by atoms with van der Waals surface area (Å²) in [4.78, 5) is 18.8. The topological polar surface area (TPSA) is 33.2 Å². The average Bonchev–Trinajstić information content (AvgIpc) is 2.87. The van der Waals surface area contributed by atoms with E-state index in [2.05, 4.69) is 25.8 Å². The molecule has 0 aromatic carbocycles. The first-order valence-electron chi connectivity index (χ1n) is 7.47. The molecule has 1 aromatic rings. The number of carbonyl (C=O) groups excluding carboxylic acids is 1. The number of nitrogens with zero attached hydrogens (tertiary/aromatic N) is 2. The lowest BCUT2D eigenvalue weighted by molar-refractivity contribution is 0.0784. The van der Waals surface area contributed by atoms with E-state index in [1.165, 1.54) is 0 Å². The minimum Gasteiger partial charge on any atom is -0.338 e. The van der Waals surface area contributed by atoms with E-state index in [0.717, 1.165) is 38.0 Å². The van der Waals surface area contributed by atoms with Gasteiger partial charge >= 0.3 is 0 Å². The molecular formula is C16H23ClN2O. The lowest BCUT2D eigenvalue weighted by Crippen LogP contribution is -2.29. The highest BCUT2D eigenvalue weighted by atomic mass is 35.5. The molecule has 20 heavy (non-hydrogen) atoms. The van der Waals surface area contributed by atoms with Crippen LogP contribution in [0.3, 0.4) is 0 Å². The van der Waals surface area contributed by atoms with Gasteiger partial charge < -0.3 is 4.90 Å². The number of aromatic nitrogens is 1. The summed E-state index contributed by atoms with van der Waals surface area (Å²) in [5.41, 5.74) is 1.58. The minimum atomic E-state index is 0.0924. The molecule has 4 heteroatoms. The summed E-state index contributed by atoms with van der Waals surface area (Å²) in [7, 11) is 0. The Morgan fingerprint density at radius 1 is 1.50 bits per heavy atom. The summed E-state index contributed by atoms with van der Waals surface area (Å²) < 4.78 is 0. The van der Waals surface area contributed by atoms with Crippen LogP contribution in [0.4, 0.5) is 0 Å². The van der Waals surface area contributed by atoms with Gasteiger partial charge in [-0.05, 0) is 36.8 Å². The Bertz CT molecular complexity index is 487. The molecule has 2 heterocycles. The Kier molecular flexibility index (Phi) is 5.03. The van der Waals surface area contributed by atoms with E-state index in [1.807, 2.05) is 11.0 Å². The molecule has 3 nitrogen and oxygen atoms in total. The van der Waals surface area contributed by atoms with Gasteiger partial charge in [-0.25, -0.2) is 4.98 Å². The molecule has 0 N–H and O–H groups in total. The predicted molar refractivity (Wildman–Crippen MR) is 82.1 cm³/mol. The van der Waals surface area contributed by atoms with Crippen LogP contribution in [0.1, 0.15) is 49.7 Å². The molecule has 0 saturated carbocycles. The molecule has 1 atom stereocenters. The van der Waals surface area contributed by atoms with Crippen LogP contribution in [0.5, 0.6) is 0 Å². The largest absolute Gasteiger partial charge is 0.338 e. The Labute approximate surface area is 126 Å². The fourth-order valence-corrected chi connectivity index (χ4v) is 2.98. The number of pyridine rings is 1. The molecule has 2 rings (SSSR count). The van der Waals surface area contributed by atoms with Crippen LogP contribution in [0, 0.1) is 11.8 Å². The fourth-order valence-electron chi connectivity index (χ4n) is 2.76. The van der Waals surface area contributed by atoms with Crippen molar-refractivity contribution < 1.29 is 4.79 Å². The molecule has 1 fully saturated rings. The maximum atomic E-state index is 12.6. The van der Waals surface area contributed by atoms with Gasteiger partial charge in [-0.15, -0.1) is 0 Å². The SMILES string of the molecule is CCCc1cc(C(=O)N2CCC(C(C)C)C2)cc(Cl)n1. The number of aryl methyl sites for hydroxylation is 1. The third-order valence-corrected chi connectivity index (χ3v) is 4.25. The second kappa shape index (κ2) is 6.57. The number of hydrogen-bond donors (Lipinski definition) is 0. The van der Waals surface area contributed by atoms with Crippen LogP contribution < -0.4 is 0 Å². The van der Waals surface area contributed by atoms with Crippen molar-refractivity contribution >= 4 is 17.5 Å². The number of amides is 1. The third-order valence-electron chi connectivity index (χ3n) is 4.05. The van der Waals surface area contributed by atoms with E-state index in [-0.39, 0.29) is 5.91 Å². The minimum absolute atomic E-state index is 0.0924. The van der Waals surface area contributed by atoms with Gasteiger partial charge in [-0.3, -0.25) is 4.79 Å². The summed E-state index contributed by atoms with van der Waals surface area (Å²) in [5.74, 6) is 1.34. The summed E-state index contributed by atoms with van der Waals surface area (Å²) in [6, 6.07) is 3.58. The van der Waals surface area contributed by atoms with Crippen LogP contribution in [-0.4, -0.2) is 28.9 Å². The molecule has 1 aliphatic rings. The summed E-state index contributed by atoms with van der Waals surface area (Å²) in [6.45, 7) is 8.25. The van der Waals surface area contributed by atoms with Crippen molar-refractivity contribution in [1.29, 1.82) is 0 Å². The predicted octanol–water partition coefficient (Wildman–Crippen LogP) is 3.81. The van der Waals surface area contributed by atoms with Crippen LogP contribution in [0.2, 0.25) is 5.15 Å². The Hall–Kier alpha value is -1.09. The maximum Gasteiger partial charge on any atom is 0.254 e. The van der Waals surface area contributed by atoms with Crippen molar-refractivity contribution in [3.8, 4) is 0 Å². The number of halogens is 1. The molecule has 1 aliphatic heterocycles. The van der Waals surface area contributed by atoms with Crippen LogP contribution in [-0.2, 0) is 6.42 Å². The fraction of sp³-hybridized carbons (Fsp3) is 0.625. The molecule has 1 aromatic heterocycles. The van der Waals surface area contributed by atoms with Gasteiger partial charge in [0.2, 0.25) is 0 Å². The number of rotatable bonds is 4. The van der Waals surface area contributed by atoms with E-state index in [4.69, 9.17) is 11.6 Å². The monoisotopic (exact) mass is 294 g/mol. The Balaban J connectivity index is 2.13. The van der Waals surface area contributed by atoms with Crippen LogP contribution in [0.25, 0.3) is 0 Å². The van der Waals surface area contributed by atoms with Crippen molar-refractivity contribution in [1.82, 2.24) is 9.88 Å². The van der Waals surface area contributed by atoms with E-state index < -0.39 is 0 Å². The lowest BCUT2D eigenvalue weighted by Gasteiger charge is -2.18. The van der Waals surface area contributed by atoms with E-state index >= 15 is 0 Å². The normalized spacial score (nSPS) is 18.9. The van der Waals surface area contributed by atoms with Gasteiger partial charge in [-0.2, -0.15) is 0 Å². The van der Waals surface area contributed by atoms with E-state index in [0.29, 0.717) is 22.6 Å². The first kappa shape index (κ1) is 15.3. The Morgan fingerprint density at radius 3 is 2.85 bits per heavy atom. The number of carbonyl (C=O) groups is 1. The highest BCUT2D eigenvalue weighted by Crippen LogP contribution is 2.25. The van der Waals surface area contributed by atoms with Gasteiger partial charge in [0.25, 0.3) is 5.91 Å². The first-order valence-corrected chi connectivity index (χ1v) is 7.84. The van der Waals surface area contributed by atoms with E-state index in [1.54, 1.807) is 6.07 Å². The standard InChI is InChI=1S/C16H23ClN2O/c1-4-5-14-8-13(9-15(17)18-14)16(20)19-7-6-12(10-19)11(2)3/h8-9,11-12H,4-7,10H2,1-3H3. The molecular weight excluding hydrogens is 272 g/mol. The molecule has 0 bridgehead atoms. The summed E-state index contributed by atoms with van der Waals surface area (Å²) >= 11 is 6.03. The average molecular weight is 295 g/mol. The van der Waals surface area contributed by atoms with Crippen molar-refractivity contribution in [2.75, 3.05) is 13.1 Å². The quantitative estimate of drug-likeness (QED) is 0.791. The zero-order valence-corrected chi connectivity index (χ0v) is 13.3. The third kappa shape index (κ3) is 3.51. The second-order valence-corrected chi connectivity index (χ2v) is 6.35. The zero-order chi connectivity index (χ0) is 14.7. The van der Waals surface area contributed by atoms with Crippen LogP contribution >= 0.6 is 11.6 Å². The van der Waals surface area contributed by atoms with Gasteiger partial charge in [0.1, 0.15) is 5.15 Å². The summed E-state index contributed by atoms with van der Waals surface area (Å²) in [6.07, 6.45) is 2.96. The number of hydrogen-bond acceptors (Lipinski definition) is 2. The van der Waals surface area contributed by atoms with Crippen molar-refractivity contribution in [2.45, 2.75) is 40.0 Å². The van der Waals surface area contributed by atoms with Crippen molar-refractivity contribution in [2.24, 2.45) is 11.8 Å². The van der Waals surface area contributed by atoms with Gasteiger partial charge in [0.05, 0.1) is 0 Å². The second-order valence-electron chi connectivity index (χ2n) is 5.96. The van der Waals surface area contributed by atoms with Crippen LogP contribution in [0.15, 0.2) is 12.1 Å². The molecule has 110 valence electrons. The maximum absolute atomic E-state index is 12.6. The molecule has 0 radical (unpaired) electrons. The molecule has 0 aliphatic carbocycles. The first-order chi connectivity index (χ1) is 9.51. The highest BCUT2D eigenvalue weighted by Gasteiger charge is 2.28. The van der Waals surface area contributed by atoms with Gasteiger partial charge in [0, 0.05) is 24.3 Å². The van der Waals surface area contributed by atoms with Gasteiger partial charge in [-0.1, -0.05) is 38.8 Å². The van der Waals surface area contributed by atoms with E-state index in [9.17, 15) is 4.79 Å². The molecule has 0 spiro atoms. The van der Waals surface area contributed by atoms with Crippen molar-refractivity contribution in [3.05, 3.63) is 28.5 Å². The number of likely N-dealkylation sites (tertiary alicyclic amines) is 1. The smallest absolute Gasteiger partial charge is 0.254 e. The summed E-state index contributed by atoms with van der Waals surface area (Å²) in [5, 5.41) is 0.416. The Morgan fingerprint density at radius 2 is 2.25 bits per heavy atom. The van der Waals surface area contributed by atoms with Crippen molar-refractivity contribution in [3.63, 3.8) is 0 Å². The molecule has 1 unspecified atom stereocenters. The molecule has 1 amide bonds. The lowest BCUT2D eigenvalue weighted by atomic mass is 9.95.